The molecule has 0 aliphatic heterocycles. The highest BCUT2D eigenvalue weighted by atomic mass is 32.1. The minimum Gasteiger partial charge on any atom is -0.469 e. The molecule has 0 spiro atoms. The molecule has 0 aromatic carbocycles. The molecule has 4 heteroatoms. The first-order chi connectivity index (χ1) is 8.70. The molecule has 2 aromatic heterocycles. The summed E-state index contributed by atoms with van der Waals surface area (Å²) in [5.74, 6) is -0.327. The number of ether oxygens (including phenoxy) is 1. The number of pyridine rings is 1. The second-order valence-electron chi connectivity index (χ2n) is 4.19. The standard InChI is InChI=1S/C14H15NO2S/c1-10(14(16)17-2)6-11-7-12(9-15-8-11)13-4-3-5-18-13/h3-5,7-10H,6H2,1-2H3/t10-/m0/s1. The molecular formula is C14H15NO2S. The maximum Gasteiger partial charge on any atom is 0.308 e. The molecule has 2 rings (SSSR count). The average molecular weight is 261 g/mol. The van der Waals surface area contributed by atoms with E-state index in [1.807, 2.05) is 24.6 Å². The topological polar surface area (TPSA) is 39.2 Å². The van der Waals surface area contributed by atoms with Crippen LogP contribution in [0.5, 0.6) is 0 Å². The van der Waals surface area contributed by atoms with Gasteiger partial charge in [0.15, 0.2) is 0 Å². The number of nitrogens with zero attached hydrogens (tertiary/aromatic N) is 1. The van der Waals surface area contributed by atoms with Crippen LogP contribution < -0.4 is 0 Å². The van der Waals surface area contributed by atoms with Crippen molar-refractivity contribution in [3.63, 3.8) is 0 Å². The van der Waals surface area contributed by atoms with Crippen LogP contribution in [-0.2, 0) is 16.0 Å². The lowest BCUT2D eigenvalue weighted by molar-refractivity contribution is -0.144. The summed E-state index contributed by atoms with van der Waals surface area (Å²) in [4.78, 5) is 16.8. The first-order valence-electron chi connectivity index (χ1n) is 5.76. The summed E-state index contributed by atoms with van der Waals surface area (Å²) in [5.41, 5.74) is 2.15. The molecule has 0 bridgehead atoms. The number of esters is 1. The van der Waals surface area contributed by atoms with Crippen LogP contribution in [0.2, 0.25) is 0 Å². The Kier molecular flexibility index (Phi) is 4.10. The van der Waals surface area contributed by atoms with Gasteiger partial charge in [0.1, 0.15) is 0 Å². The highest BCUT2D eigenvalue weighted by molar-refractivity contribution is 7.13. The fourth-order valence-electron chi connectivity index (χ4n) is 1.81. The molecule has 1 atom stereocenters. The summed E-state index contributed by atoms with van der Waals surface area (Å²) in [6, 6.07) is 6.16. The molecule has 0 unspecified atom stereocenters. The zero-order valence-corrected chi connectivity index (χ0v) is 11.2. The number of aromatic nitrogens is 1. The Balaban J connectivity index is 2.15. The van der Waals surface area contributed by atoms with Gasteiger partial charge in [0.05, 0.1) is 13.0 Å². The largest absolute Gasteiger partial charge is 0.469 e. The third-order valence-corrected chi connectivity index (χ3v) is 3.66. The van der Waals surface area contributed by atoms with E-state index in [1.54, 1.807) is 17.5 Å². The van der Waals surface area contributed by atoms with Gasteiger partial charge < -0.3 is 4.74 Å². The van der Waals surface area contributed by atoms with Crippen LogP contribution in [0.4, 0.5) is 0 Å². The maximum atomic E-state index is 11.4. The lowest BCUT2D eigenvalue weighted by Crippen LogP contribution is -2.15. The van der Waals surface area contributed by atoms with Gasteiger partial charge in [-0.1, -0.05) is 13.0 Å². The molecule has 0 aliphatic rings. The van der Waals surface area contributed by atoms with E-state index in [0.717, 1.165) is 11.1 Å². The molecular weight excluding hydrogens is 246 g/mol. The maximum absolute atomic E-state index is 11.4. The van der Waals surface area contributed by atoms with Gasteiger partial charge in [0, 0.05) is 22.8 Å². The van der Waals surface area contributed by atoms with E-state index in [4.69, 9.17) is 4.74 Å². The smallest absolute Gasteiger partial charge is 0.308 e. The van der Waals surface area contributed by atoms with E-state index < -0.39 is 0 Å². The zero-order chi connectivity index (χ0) is 13.0. The summed E-state index contributed by atoms with van der Waals surface area (Å²) < 4.78 is 4.73. The second-order valence-corrected chi connectivity index (χ2v) is 5.14. The molecule has 2 aromatic rings. The van der Waals surface area contributed by atoms with Crippen LogP contribution >= 0.6 is 11.3 Å². The van der Waals surface area contributed by atoms with E-state index in [1.165, 1.54) is 12.0 Å². The predicted molar refractivity (Wildman–Crippen MR) is 72.4 cm³/mol. The highest BCUT2D eigenvalue weighted by Crippen LogP contribution is 2.25. The molecule has 0 amide bonds. The fraction of sp³-hybridized carbons (Fsp3) is 0.286. The number of thiophene rings is 1. The van der Waals surface area contributed by atoms with Gasteiger partial charge in [0.2, 0.25) is 0 Å². The van der Waals surface area contributed by atoms with Gasteiger partial charge in [-0.25, -0.2) is 0 Å². The van der Waals surface area contributed by atoms with Gasteiger partial charge in [0.25, 0.3) is 0 Å². The van der Waals surface area contributed by atoms with Gasteiger partial charge in [-0.05, 0) is 29.5 Å². The van der Waals surface area contributed by atoms with Crippen molar-refractivity contribution in [2.75, 3.05) is 7.11 Å². The fourth-order valence-corrected chi connectivity index (χ4v) is 2.52. The number of carbonyl (C=O) groups excluding carboxylic acids is 1. The molecule has 3 nitrogen and oxygen atoms in total. The monoisotopic (exact) mass is 261 g/mol. The molecule has 2 heterocycles. The Labute approximate surface area is 110 Å². The normalized spacial score (nSPS) is 12.1. The Morgan fingerprint density at radius 1 is 1.50 bits per heavy atom. The molecule has 0 fully saturated rings. The molecule has 18 heavy (non-hydrogen) atoms. The van der Waals surface area contributed by atoms with Crippen LogP contribution in [0.25, 0.3) is 10.4 Å². The summed E-state index contributed by atoms with van der Waals surface area (Å²) >= 11 is 1.68. The Morgan fingerprint density at radius 3 is 3.00 bits per heavy atom. The van der Waals surface area contributed by atoms with Gasteiger partial charge in [-0.2, -0.15) is 0 Å². The van der Waals surface area contributed by atoms with Crippen molar-refractivity contribution < 1.29 is 9.53 Å². The number of carbonyl (C=O) groups is 1. The number of methoxy groups -OCH3 is 1. The quantitative estimate of drug-likeness (QED) is 0.794. The Morgan fingerprint density at radius 2 is 2.33 bits per heavy atom. The van der Waals surface area contributed by atoms with E-state index in [9.17, 15) is 4.79 Å². The van der Waals surface area contributed by atoms with Crippen molar-refractivity contribution in [2.45, 2.75) is 13.3 Å². The molecule has 0 saturated heterocycles. The van der Waals surface area contributed by atoms with E-state index >= 15 is 0 Å². The van der Waals surface area contributed by atoms with Crippen molar-refractivity contribution in [2.24, 2.45) is 5.92 Å². The van der Waals surface area contributed by atoms with Crippen molar-refractivity contribution in [1.29, 1.82) is 0 Å². The lowest BCUT2D eigenvalue weighted by Gasteiger charge is -2.09. The summed E-state index contributed by atoms with van der Waals surface area (Å²) in [6.07, 6.45) is 4.30. The Bertz CT molecular complexity index is 522. The minimum atomic E-state index is -0.184. The Hall–Kier alpha value is -1.68. The number of hydrogen-bond acceptors (Lipinski definition) is 4. The summed E-state index contributed by atoms with van der Waals surface area (Å²) in [6.45, 7) is 1.86. The third kappa shape index (κ3) is 2.96. The minimum absolute atomic E-state index is 0.143. The van der Waals surface area contributed by atoms with Crippen LogP contribution in [0.15, 0.2) is 36.0 Å². The van der Waals surface area contributed by atoms with Crippen molar-refractivity contribution in [3.8, 4) is 10.4 Å². The van der Waals surface area contributed by atoms with E-state index in [2.05, 4.69) is 17.1 Å². The van der Waals surface area contributed by atoms with Gasteiger partial charge in [-0.3, -0.25) is 9.78 Å². The zero-order valence-electron chi connectivity index (χ0n) is 10.4. The van der Waals surface area contributed by atoms with Crippen molar-refractivity contribution in [1.82, 2.24) is 4.98 Å². The summed E-state index contributed by atoms with van der Waals surface area (Å²) in [5, 5.41) is 2.04. The van der Waals surface area contributed by atoms with Gasteiger partial charge in [-0.15, -0.1) is 11.3 Å². The first kappa shape index (κ1) is 12.8. The number of hydrogen-bond donors (Lipinski definition) is 0. The SMILES string of the molecule is COC(=O)[C@@H](C)Cc1cncc(-c2cccs2)c1. The molecule has 0 radical (unpaired) electrons. The third-order valence-electron chi connectivity index (χ3n) is 2.75. The molecule has 94 valence electrons. The highest BCUT2D eigenvalue weighted by Gasteiger charge is 2.14. The molecule has 0 aliphatic carbocycles. The first-order valence-corrected chi connectivity index (χ1v) is 6.64. The summed E-state index contributed by atoms with van der Waals surface area (Å²) in [7, 11) is 1.42. The van der Waals surface area contributed by atoms with Crippen molar-refractivity contribution >= 4 is 17.3 Å². The van der Waals surface area contributed by atoms with Crippen LogP contribution in [0, 0.1) is 5.92 Å². The average Bonchev–Trinajstić information content (AvgIpc) is 2.92. The van der Waals surface area contributed by atoms with Crippen LogP contribution in [0.3, 0.4) is 0 Å². The molecule has 0 saturated carbocycles. The second kappa shape index (κ2) is 5.78. The van der Waals surface area contributed by atoms with Crippen LogP contribution in [-0.4, -0.2) is 18.1 Å². The molecule has 0 N–H and O–H groups in total. The van der Waals surface area contributed by atoms with Crippen LogP contribution in [0.1, 0.15) is 12.5 Å². The number of rotatable bonds is 4. The van der Waals surface area contributed by atoms with E-state index in [0.29, 0.717) is 6.42 Å². The van der Waals surface area contributed by atoms with Crippen molar-refractivity contribution in [3.05, 3.63) is 41.5 Å². The predicted octanol–water partition coefficient (Wildman–Crippen LogP) is 3.16. The van der Waals surface area contributed by atoms with Gasteiger partial charge >= 0.3 is 5.97 Å². The van der Waals surface area contributed by atoms with E-state index in [-0.39, 0.29) is 11.9 Å². The lowest BCUT2D eigenvalue weighted by atomic mass is 10.0.